The fourth-order valence-corrected chi connectivity index (χ4v) is 4.99. The summed E-state index contributed by atoms with van der Waals surface area (Å²) in [6.45, 7) is 6.29. The van der Waals surface area contributed by atoms with Gasteiger partial charge in [0.25, 0.3) is 0 Å². The molecule has 1 aliphatic rings. The van der Waals surface area contributed by atoms with Gasteiger partial charge in [0, 0.05) is 0 Å². The van der Waals surface area contributed by atoms with Gasteiger partial charge in [0.2, 0.25) is 0 Å². The predicted molar refractivity (Wildman–Crippen MR) is 89.4 cm³/mol. The van der Waals surface area contributed by atoms with Crippen molar-refractivity contribution in [2.75, 3.05) is 13.1 Å². The van der Waals surface area contributed by atoms with E-state index in [1.807, 2.05) is 20.8 Å². The van der Waals surface area contributed by atoms with Crippen LogP contribution in [0.15, 0.2) is 12.3 Å². The summed E-state index contributed by atoms with van der Waals surface area (Å²) in [7, 11) is 0. The zero-order valence-corrected chi connectivity index (χ0v) is 17.5. The van der Waals surface area contributed by atoms with Crippen molar-refractivity contribution in [1.82, 2.24) is 9.88 Å². The fraction of sp³-hybridized carbons (Fsp3) is 0.625. The molecular weight excluding hydrogens is 406 g/mol. The first-order chi connectivity index (χ1) is 10.5. The number of carbonyl (C=O) groups is 1. The van der Waals surface area contributed by atoms with Crippen molar-refractivity contribution in [2.45, 2.75) is 47.3 Å². The molecule has 0 bridgehead atoms. The van der Waals surface area contributed by atoms with Crippen LogP contribution in [-0.4, -0.2) is 59.1 Å². The van der Waals surface area contributed by atoms with Gasteiger partial charge in [-0.15, -0.1) is 0 Å². The summed E-state index contributed by atoms with van der Waals surface area (Å²) in [4.78, 5) is 24.3. The van der Waals surface area contributed by atoms with E-state index in [1.54, 1.807) is 11.0 Å². The quantitative estimate of drug-likeness (QED) is 0.692. The maximum absolute atomic E-state index is 13.9. The Morgan fingerprint density at radius 2 is 1.96 bits per heavy atom. The third kappa shape index (κ3) is 4.96. The van der Waals surface area contributed by atoms with Crippen LogP contribution in [0.2, 0.25) is 14.8 Å². The van der Waals surface area contributed by atoms with Crippen LogP contribution in [0, 0.1) is 5.82 Å². The van der Waals surface area contributed by atoms with Crippen LogP contribution in [0.25, 0.3) is 0 Å². The van der Waals surface area contributed by atoms with Crippen LogP contribution in [-0.2, 0) is 4.74 Å². The Morgan fingerprint density at radius 1 is 1.35 bits per heavy atom. The number of hydrogen-bond acceptors (Lipinski definition) is 4. The van der Waals surface area contributed by atoms with E-state index in [0.717, 1.165) is 3.71 Å². The number of carbonyl (C=O) groups excluding carboxylic acids is 1. The summed E-state index contributed by atoms with van der Waals surface area (Å²) in [5.41, 5.74) is -0.519. The third-order valence-corrected chi connectivity index (χ3v) is 8.55. The number of likely N-dealkylation sites (tertiary alicyclic amines) is 1. The second-order valence-corrected chi connectivity index (χ2v) is 22.2. The number of ether oxygens (including phenoxy) is 2. The molecule has 0 spiro atoms. The van der Waals surface area contributed by atoms with Gasteiger partial charge in [-0.05, 0) is 0 Å². The van der Waals surface area contributed by atoms with Crippen LogP contribution >= 0.6 is 0 Å². The Labute approximate surface area is 141 Å². The van der Waals surface area contributed by atoms with Gasteiger partial charge in [-0.2, -0.15) is 0 Å². The summed E-state index contributed by atoms with van der Waals surface area (Å²) in [6, 6.07) is 1.72. The molecule has 0 unspecified atom stereocenters. The molecule has 0 radical (unpaired) electrons. The summed E-state index contributed by atoms with van der Waals surface area (Å²) in [6.07, 6.45) is 0.665. The van der Waals surface area contributed by atoms with Crippen molar-refractivity contribution >= 4 is 28.2 Å². The normalized spacial score (nSPS) is 16.0. The Hall–Kier alpha value is -1.05. The van der Waals surface area contributed by atoms with E-state index in [4.69, 9.17) is 9.47 Å². The van der Waals surface area contributed by atoms with E-state index in [2.05, 4.69) is 19.8 Å². The average molecular weight is 431 g/mol. The van der Waals surface area contributed by atoms with E-state index in [0.29, 0.717) is 13.1 Å². The first-order valence-corrected chi connectivity index (χ1v) is 17.8. The van der Waals surface area contributed by atoms with Crippen LogP contribution in [0.3, 0.4) is 0 Å². The second-order valence-electron chi connectivity index (χ2n) is 7.88. The Kier molecular flexibility index (Phi) is 5.13. The molecule has 23 heavy (non-hydrogen) atoms. The summed E-state index contributed by atoms with van der Waals surface area (Å²) >= 11 is -2.37. The first kappa shape index (κ1) is 18.3. The minimum absolute atomic E-state index is 0.206. The molecule has 0 aliphatic carbocycles. The van der Waals surface area contributed by atoms with Crippen LogP contribution in [0.1, 0.15) is 20.8 Å². The van der Waals surface area contributed by atoms with Crippen molar-refractivity contribution in [2.24, 2.45) is 0 Å². The molecule has 1 aromatic rings. The summed E-state index contributed by atoms with van der Waals surface area (Å²) < 4.78 is 25.8. The predicted octanol–water partition coefficient (Wildman–Crippen LogP) is 2.76. The number of hydrogen-bond donors (Lipinski definition) is 0. The number of nitrogens with zero attached hydrogens (tertiary/aromatic N) is 2. The number of aromatic nitrogens is 1. The minimum atomic E-state index is -2.37. The van der Waals surface area contributed by atoms with Gasteiger partial charge in [0.05, 0.1) is 0 Å². The topological polar surface area (TPSA) is 51.7 Å². The summed E-state index contributed by atoms with van der Waals surface area (Å²) in [5.74, 6) is -0.226. The van der Waals surface area contributed by atoms with Crippen LogP contribution in [0.4, 0.5) is 9.18 Å². The molecule has 1 aliphatic heterocycles. The number of rotatable bonds is 3. The molecule has 0 N–H and O–H groups in total. The molecule has 1 saturated heterocycles. The average Bonchev–Trinajstić information content (AvgIpc) is 2.31. The Balaban J connectivity index is 1.94. The Bertz CT molecular complexity index is 590. The van der Waals surface area contributed by atoms with Gasteiger partial charge in [-0.25, -0.2) is 0 Å². The molecule has 0 aromatic carbocycles. The van der Waals surface area contributed by atoms with Gasteiger partial charge in [0.15, 0.2) is 0 Å². The SMILES string of the molecule is CC(C)(C)OC(=O)N1CC(Oc2c[c]([Sn]([CH3])([CH3])[CH3])ncc2F)C1. The van der Waals surface area contributed by atoms with Crippen molar-refractivity contribution in [1.29, 1.82) is 0 Å². The molecule has 0 atom stereocenters. The van der Waals surface area contributed by atoms with E-state index >= 15 is 0 Å². The van der Waals surface area contributed by atoms with Crippen molar-refractivity contribution < 1.29 is 18.7 Å². The van der Waals surface area contributed by atoms with Gasteiger partial charge in [-0.1, -0.05) is 0 Å². The van der Waals surface area contributed by atoms with Gasteiger partial charge >= 0.3 is 141 Å². The molecule has 1 fully saturated rings. The van der Waals surface area contributed by atoms with Crippen LogP contribution in [0.5, 0.6) is 5.75 Å². The zero-order chi connectivity index (χ0) is 17.4. The maximum atomic E-state index is 13.9. The van der Waals surface area contributed by atoms with Crippen molar-refractivity contribution in [3.63, 3.8) is 0 Å². The third-order valence-electron chi connectivity index (χ3n) is 3.38. The van der Waals surface area contributed by atoms with E-state index in [9.17, 15) is 9.18 Å². The molecule has 2 rings (SSSR count). The molecule has 0 saturated carbocycles. The molecule has 1 amide bonds. The molecule has 2 heterocycles. The fourth-order valence-electron chi connectivity index (χ4n) is 2.09. The number of amides is 1. The summed E-state index contributed by atoms with van der Waals surface area (Å²) in [5, 5.41) is 0. The number of pyridine rings is 1. The van der Waals surface area contributed by atoms with Gasteiger partial charge in [-0.3, -0.25) is 0 Å². The van der Waals surface area contributed by atoms with E-state index in [1.165, 1.54) is 6.20 Å². The molecule has 128 valence electrons. The first-order valence-electron chi connectivity index (χ1n) is 7.76. The standard InChI is InChI=1S/C13H16FN2O3.3CH3.Sn/c1-13(2,3)19-12(17)16-7-9(8-16)18-11-4-5-15-6-10(11)14;;;;/h4,6,9H,7-8H2,1-3H3;3*1H3;. The molecule has 1 aromatic heterocycles. The van der Waals surface area contributed by atoms with Gasteiger partial charge < -0.3 is 0 Å². The van der Waals surface area contributed by atoms with Crippen LogP contribution < -0.4 is 8.45 Å². The monoisotopic (exact) mass is 432 g/mol. The van der Waals surface area contributed by atoms with Crippen molar-refractivity contribution in [3.05, 3.63) is 18.1 Å². The Morgan fingerprint density at radius 3 is 2.48 bits per heavy atom. The second kappa shape index (κ2) is 6.45. The van der Waals surface area contributed by atoms with E-state index < -0.39 is 29.8 Å². The number of halogens is 1. The van der Waals surface area contributed by atoms with Crippen molar-refractivity contribution in [3.8, 4) is 5.75 Å². The van der Waals surface area contributed by atoms with Gasteiger partial charge in [0.1, 0.15) is 0 Å². The van der Waals surface area contributed by atoms with E-state index in [-0.39, 0.29) is 17.9 Å². The molecular formula is C16H25FN2O3Sn. The zero-order valence-electron chi connectivity index (χ0n) is 14.6. The molecule has 7 heteroatoms. The molecule has 5 nitrogen and oxygen atoms in total.